The molecule has 2 heterocycles. The lowest BCUT2D eigenvalue weighted by atomic mass is 10.2. The summed E-state index contributed by atoms with van der Waals surface area (Å²) in [5.41, 5.74) is -1.21. The fourth-order valence-corrected chi connectivity index (χ4v) is 3.93. The molecule has 3 N–H and O–H groups in total. The van der Waals surface area contributed by atoms with Gasteiger partial charge in [0.1, 0.15) is 9.57 Å². The van der Waals surface area contributed by atoms with E-state index in [1.165, 1.54) is 10.4 Å². The van der Waals surface area contributed by atoms with Crippen LogP contribution in [0, 0.1) is 3.82 Å². The summed E-state index contributed by atoms with van der Waals surface area (Å²) >= 11 is 5.09. The van der Waals surface area contributed by atoms with Gasteiger partial charge in [0.25, 0.3) is 0 Å². The van der Waals surface area contributed by atoms with Crippen LogP contribution < -0.4 is 21.8 Å². The maximum absolute atomic E-state index is 10.2. The van der Waals surface area contributed by atoms with Gasteiger partial charge in [0.05, 0.1) is 7.11 Å². The molecule has 120 valence electrons. The van der Waals surface area contributed by atoms with E-state index in [2.05, 4.69) is 0 Å². The Morgan fingerprint density at radius 2 is 1.43 bits per heavy atom. The highest BCUT2D eigenvalue weighted by Crippen LogP contribution is 2.30. The van der Waals surface area contributed by atoms with Crippen LogP contribution in [-0.2, 0) is 0 Å². The van der Waals surface area contributed by atoms with Crippen molar-refractivity contribution in [1.82, 2.24) is 15.0 Å². The molecule has 23 heavy (non-hydrogen) atoms. The average Bonchev–Trinajstić information content (AvgIpc) is 2.93. The molecule has 0 spiro atoms. The highest BCUT2D eigenvalue weighted by Gasteiger charge is 2.00. The number of hydrogen-bond acceptors (Lipinski definition) is 7. The molecule has 0 aliphatic rings. The maximum Gasteiger partial charge on any atom is 0.330 e. The van der Waals surface area contributed by atoms with Gasteiger partial charge < -0.3 is 4.74 Å². The van der Waals surface area contributed by atoms with Crippen LogP contribution in [-0.4, -0.2) is 22.1 Å². The van der Waals surface area contributed by atoms with Gasteiger partial charge >= 0.3 is 17.1 Å². The number of aromatic amines is 3. The summed E-state index contributed by atoms with van der Waals surface area (Å²) in [4.78, 5) is 37.1. The third-order valence-corrected chi connectivity index (χ3v) is 5.43. The van der Waals surface area contributed by atoms with E-state index in [1.807, 2.05) is 30.3 Å². The fourth-order valence-electron chi connectivity index (χ4n) is 1.53. The molecule has 0 radical (unpaired) electrons. The maximum atomic E-state index is 10.2. The van der Waals surface area contributed by atoms with Crippen LogP contribution in [0.4, 0.5) is 0 Å². The zero-order chi connectivity index (χ0) is 16.8. The summed E-state index contributed by atoms with van der Waals surface area (Å²) in [5.74, 6) is 0.882. The molecular formula is C13H11N3O4S3. The highest BCUT2D eigenvalue weighted by molar-refractivity contribution is 7.80. The monoisotopic (exact) mass is 369 g/mol. The van der Waals surface area contributed by atoms with Crippen molar-refractivity contribution >= 4 is 32.9 Å². The first kappa shape index (κ1) is 17.1. The molecule has 0 fully saturated rings. The second-order valence-corrected chi connectivity index (χ2v) is 7.00. The number of methoxy groups -OCH3 is 1. The first-order chi connectivity index (χ1) is 11.0. The Hall–Kier alpha value is -2.30. The van der Waals surface area contributed by atoms with Gasteiger partial charge in [-0.1, -0.05) is 32.9 Å². The Morgan fingerprint density at radius 3 is 1.83 bits per heavy atom. The van der Waals surface area contributed by atoms with Gasteiger partial charge in [0, 0.05) is 4.88 Å². The normalized spacial score (nSPS) is 9.78. The second-order valence-electron chi connectivity index (χ2n) is 4.09. The Balaban J connectivity index is 0.000000185. The molecule has 0 atom stereocenters. The molecule has 7 nitrogen and oxygen atoms in total. The predicted octanol–water partition coefficient (Wildman–Crippen LogP) is 1.97. The van der Waals surface area contributed by atoms with Crippen LogP contribution in [0.2, 0.25) is 0 Å². The van der Waals surface area contributed by atoms with Crippen LogP contribution >= 0.6 is 32.9 Å². The summed E-state index contributed by atoms with van der Waals surface area (Å²) in [7, 11) is 5.02. The number of benzene rings is 1. The zero-order valence-electron chi connectivity index (χ0n) is 11.7. The largest absolute Gasteiger partial charge is 0.497 e. The third kappa shape index (κ3) is 5.13. The van der Waals surface area contributed by atoms with Gasteiger partial charge in [0.15, 0.2) is 0 Å². The summed E-state index contributed by atoms with van der Waals surface area (Å²) in [5, 5.41) is 0. The molecule has 0 aliphatic carbocycles. The molecule has 0 saturated heterocycles. The molecular weight excluding hydrogens is 358 g/mol. The Kier molecular flexibility index (Phi) is 5.79. The highest BCUT2D eigenvalue weighted by atomic mass is 32.9. The van der Waals surface area contributed by atoms with Crippen LogP contribution in [0.3, 0.4) is 0 Å². The van der Waals surface area contributed by atoms with Gasteiger partial charge in [-0.05, 0) is 35.9 Å². The van der Waals surface area contributed by atoms with Crippen LogP contribution in [0.5, 0.6) is 5.75 Å². The van der Waals surface area contributed by atoms with E-state index in [1.54, 1.807) is 42.7 Å². The van der Waals surface area contributed by atoms with E-state index < -0.39 is 17.1 Å². The topological polar surface area (TPSA) is 108 Å². The number of H-pyrrole nitrogens is 3. The number of nitrogens with one attached hydrogen (secondary N) is 3. The lowest BCUT2D eigenvalue weighted by molar-refractivity contribution is 0.415. The van der Waals surface area contributed by atoms with Gasteiger partial charge in [-0.2, -0.15) is 0 Å². The van der Waals surface area contributed by atoms with Crippen molar-refractivity contribution in [3.63, 3.8) is 0 Å². The van der Waals surface area contributed by atoms with Crippen molar-refractivity contribution in [3.05, 3.63) is 65.6 Å². The van der Waals surface area contributed by atoms with E-state index >= 15 is 0 Å². The van der Waals surface area contributed by atoms with E-state index in [0.717, 1.165) is 9.57 Å². The molecule has 10 heteroatoms. The summed E-state index contributed by atoms with van der Waals surface area (Å²) in [6.07, 6.45) is 0. The Labute approximate surface area is 141 Å². The van der Waals surface area contributed by atoms with Crippen molar-refractivity contribution in [3.8, 4) is 16.2 Å². The van der Waals surface area contributed by atoms with Crippen LogP contribution in [0.15, 0.2) is 44.7 Å². The van der Waals surface area contributed by atoms with E-state index in [4.69, 9.17) is 17.0 Å². The first-order valence-corrected chi connectivity index (χ1v) is 8.71. The van der Waals surface area contributed by atoms with Gasteiger partial charge in [-0.15, -0.1) is 0 Å². The minimum absolute atomic E-state index is 0.802. The van der Waals surface area contributed by atoms with E-state index in [9.17, 15) is 14.4 Å². The zero-order valence-corrected chi connectivity index (χ0v) is 14.2. The van der Waals surface area contributed by atoms with Crippen molar-refractivity contribution in [1.29, 1.82) is 0 Å². The predicted molar refractivity (Wildman–Crippen MR) is 93.3 cm³/mol. The third-order valence-electron chi connectivity index (χ3n) is 2.52. The molecule has 3 aromatic rings. The van der Waals surface area contributed by atoms with Gasteiger partial charge in [-0.3, -0.25) is 15.0 Å². The minimum atomic E-state index is -0.802. The first-order valence-electron chi connectivity index (χ1n) is 6.15. The van der Waals surface area contributed by atoms with Crippen LogP contribution in [0.1, 0.15) is 0 Å². The van der Waals surface area contributed by atoms with Gasteiger partial charge in [-0.25, -0.2) is 14.4 Å². The summed E-state index contributed by atoms with van der Waals surface area (Å²) in [6, 6.07) is 10.1. The van der Waals surface area contributed by atoms with Crippen molar-refractivity contribution in [2.24, 2.45) is 0 Å². The number of aromatic nitrogens is 3. The Bertz CT molecular complexity index is 916. The average molecular weight is 369 g/mol. The number of rotatable bonds is 2. The minimum Gasteiger partial charge on any atom is -0.497 e. The van der Waals surface area contributed by atoms with Crippen molar-refractivity contribution < 1.29 is 4.74 Å². The second kappa shape index (κ2) is 7.81. The van der Waals surface area contributed by atoms with Crippen molar-refractivity contribution in [2.75, 3.05) is 7.11 Å². The molecule has 0 saturated carbocycles. The standard InChI is InChI=1S/C10H8OS3.C3H3N3O3/c1-11-8-4-2-7(3-5-8)9-6-10(12)14-13-9;7-1-4-2(8)6-3(9)5-1/h2-6H,1H3;(H3,4,5,6,7,8,9). The molecule has 2 aromatic heterocycles. The molecule has 0 amide bonds. The van der Waals surface area contributed by atoms with Crippen LogP contribution in [0.25, 0.3) is 10.4 Å². The quantitative estimate of drug-likeness (QED) is 0.473. The number of ether oxygens (including phenoxy) is 1. The molecule has 3 rings (SSSR count). The summed E-state index contributed by atoms with van der Waals surface area (Å²) < 4.78 is 6.04. The lowest BCUT2D eigenvalue weighted by Gasteiger charge is -2.00. The lowest BCUT2D eigenvalue weighted by Crippen LogP contribution is -2.34. The van der Waals surface area contributed by atoms with E-state index in [0.29, 0.717) is 0 Å². The SMILES string of the molecule is COc1ccc(-c2cc(=S)ss2)cc1.O=c1[nH]c(=O)[nH]c(=O)[nH]1. The van der Waals surface area contributed by atoms with E-state index in [-0.39, 0.29) is 0 Å². The fraction of sp³-hybridized carbons (Fsp3) is 0.0769. The van der Waals surface area contributed by atoms with Crippen molar-refractivity contribution in [2.45, 2.75) is 0 Å². The van der Waals surface area contributed by atoms with Gasteiger partial charge in [0.2, 0.25) is 0 Å². The molecule has 0 bridgehead atoms. The molecule has 1 aromatic carbocycles. The summed E-state index contributed by atoms with van der Waals surface area (Å²) in [6.45, 7) is 0. The Morgan fingerprint density at radius 1 is 0.913 bits per heavy atom. The number of hydrogen-bond donors (Lipinski definition) is 3. The smallest absolute Gasteiger partial charge is 0.330 e. The molecule has 0 aliphatic heterocycles. The molecule has 0 unspecified atom stereocenters.